The number of nitrogens with zero attached hydrogens (tertiary/aromatic N) is 3. The van der Waals surface area contributed by atoms with Crippen LogP contribution in [0.5, 0.6) is 0 Å². The SMILES string of the molecule is O=C1CCC(N2C(=O)c3ccc(C(=O)NCc4ccc(CNCCn5c6ccccc6c6cccnc65)cc4)cc3C2=O)C(=O)N1. The van der Waals surface area contributed by atoms with Gasteiger partial charge in [-0.2, -0.15) is 0 Å². The van der Waals surface area contributed by atoms with Crippen molar-refractivity contribution in [2.75, 3.05) is 6.54 Å². The summed E-state index contributed by atoms with van der Waals surface area (Å²) in [6.07, 6.45) is 1.93. The van der Waals surface area contributed by atoms with Gasteiger partial charge in [0.2, 0.25) is 11.8 Å². The van der Waals surface area contributed by atoms with Crippen molar-refractivity contribution in [2.45, 2.75) is 38.5 Å². The number of rotatable bonds is 9. The lowest BCUT2D eigenvalue weighted by molar-refractivity contribution is -0.136. The summed E-state index contributed by atoms with van der Waals surface area (Å²) in [6, 6.07) is 23.6. The van der Waals surface area contributed by atoms with Gasteiger partial charge in [0, 0.05) is 55.1 Å². The molecule has 3 aromatic carbocycles. The standard InChI is InChI=1S/C35H30N6O5/c42-30-14-13-29(33(44)39-30)41-34(45)26-12-11-23(18-27(26)35(41)46)32(43)38-20-22-9-7-21(8-10-22)19-36-16-17-40-28-6-2-1-4-24(28)25-5-3-15-37-31(25)40/h1-12,15,18,29,36H,13-14,16-17,19-20H2,(H,38,43)(H,39,42,44). The van der Waals surface area contributed by atoms with Crippen molar-refractivity contribution < 1.29 is 24.0 Å². The van der Waals surface area contributed by atoms with E-state index in [2.05, 4.69) is 43.7 Å². The topological polar surface area (TPSA) is 142 Å². The van der Waals surface area contributed by atoms with Gasteiger partial charge in [-0.15, -0.1) is 0 Å². The molecule has 2 aliphatic rings. The highest BCUT2D eigenvalue weighted by Crippen LogP contribution is 2.29. The predicted molar refractivity (Wildman–Crippen MR) is 170 cm³/mol. The van der Waals surface area contributed by atoms with Crippen LogP contribution < -0.4 is 16.0 Å². The van der Waals surface area contributed by atoms with Gasteiger partial charge in [0.25, 0.3) is 17.7 Å². The Balaban J connectivity index is 0.925. The molecule has 7 rings (SSSR count). The molecule has 1 saturated heterocycles. The normalized spacial score (nSPS) is 16.3. The number of carbonyl (C=O) groups excluding carboxylic acids is 5. The van der Waals surface area contributed by atoms with Crippen molar-refractivity contribution in [1.82, 2.24) is 30.4 Å². The summed E-state index contributed by atoms with van der Waals surface area (Å²) in [7, 11) is 0. The smallest absolute Gasteiger partial charge is 0.262 e. The summed E-state index contributed by atoms with van der Waals surface area (Å²) < 4.78 is 2.24. The molecule has 11 heteroatoms. The zero-order valence-electron chi connectivity index (χ0n) is 24.8. The molecular weight excluding hydrogens is 584 g/mol. The van der Waals surface area contributed by atoms with Crippen LogP contribution in [0.2, 0.25) is 0 Å². The Kier molecular flexibility index (Phi) is 7.59. The zero-order valence-corrected chi connectivity index (χ0v) is 24.8. The van der Waals surface area contributed by atoms with Gasteiger partial charge in [-0.1, -0.05) is 42.5 Å². The number of nitrogens with one attached hydrogen (secondary N) is 3. The van der Waals surface area contributed by atoms with Crippen molar-refractivity contribution >= 4 is 51.5 Å². The van der Waals surface area contributed by atoms with Crippen LogP contribution >= 0.6 is 0 Å². The van der Waals surface area contributed by atoms with Gasteiger partial charge >= 0.3 is 0 Å². The molecule has 0 bridgehead atoms. The van der Waals surface area contributed by atoms with E-state index in [1.165, 1.54) is 29.1 Å². The molecule has 0 aliphatic carbocycles. The molecule has 4 heterocycles. The Hall–Kier alpha value is -5.68. The Morgan fingerprint density at radius 3 is 2.39 bits per heavy atom. The number of carbonyl (C=O) groups is 5. The van der Waals surface area contributed by atoms with Gasteiger partial charge in [0.15, 0.2) is 0 Å². The van der Waals surface area contributed by atoms with Crippen molar-refractivity contribution in [3.05, 3.63) is 113 Å². The summed E-state index contributed by atoms with van der Waals surface area (Å²) in [4.78, 5) is 68.2. The monoisotopic (exact) mass is 614 g/mol. The third-order valence-electron chi connectivity index (χ3n) is 8.55. The van der Waals surface area contributed by atoms with Gasteiger partial charge < -0.3 is 15.2 Å². The van der Waals surface area contributed by atoms with E-state index in [1.54, 1.807) is 0 Å². The number of imide groups is 2. The number of pyridine rings is 1. The van der Waals surface area contributed by atoms with E-state index >= 15 is 0 Å². The molecule has 5 aromatic rings. The lowest BCUT2D eigenvalue weighted by Gasteiger charge is -2.27. The molecule has 2 aliphatic heterocycles. The number of benzene rings is 3. The average molecular weight is 615 g/mol. The van der Waals surface area contributed by atoms with Gasteiger partial charge in [0.05, 0.1) is 16.6 Å². The number of hydrogen-bond acceptors (Lipinski definition) is 7. The molecule has 11 nitrogen and oxygen atoms in total. The fraction of sp³-hybridized carbons (Fsp3) is 0.200. The maximum atomic E-state index is 13.1. The fourth-order valence-corrected chi connectivity index (χ4v) is 6.19. The van der Waals surface area contributed by atoms with Crippen LogP contribution in [0.3, 0.4) is 0 Å². The molecule has 1 unspecified atom stereocenters. The first kappa shape index (κ1) is 29.1. The molecular formula is C35H30N6O5. The highest BCUT2D eigenvalue weighted by Gasteiger charge is 2.44. The second kappa shape index (κ2) is 12.0. The van der Waals surface area contributed by atoms with E-state index in [4.69, 9.17) is 0 Å². The van der Waals surface area contributed by atoms with Crippen LogP contribution in [0.25, 0.3) is 21.9 Å². The maximum absolute atomic E-state index is 13.1. The summed E-state index contributed by atoms with van der Waals surface area (Å²) >= 11 is 0. The van der Waals surface area contributed by atoms with E-state index in [9.17, 15) is 24.0 Å². The second-order valence-electron chi connectivity index (χ2n) is 11.4. The van der Waals surface area contributed by atoms with Crippen molar-refractivity contribution in [3.63, 3.8) is 0 Å². The summed E-state index contributed by atoms with van der Waals surface area (Å²) in [5.41, 5.74) is 4.58. The number of para-hydroxylation sites is 1. The minimum atomic E-state index is -1.06. The third kappa shape index (κ3) is 5.30. The van der Waals surface area contributed by atoms with Crippen LogP contribution in [-0.2, 0) is 29.2 Å². The molecule has 0 radical (unpaired) electrons. The first-order chi connectivity index (χ1) is 22.4. The maximum Gasteiger partial charge on any atom is 0.262 e. The lowest BCUT2D eigenvalue weighted by atomic mass is 10.0. The molecule has 2 aromatic heterocycles. The van der Waals surface area contributed by atoms with E-state index in [0.29, 0.717) is 6.54 Å². The Morgan fingerprint density at radius 1 is 0.848 bits per heavy atom. The van der Waals surface area contributed by atoms with Gasteiger partial charge in [-0.25, -0.2) is 4.98 Å². The van der Waals surface area contributed by atoms with Crippen molar-refractivity contribution in [3.8, 4) is 0 Å². The molecule has 0 spiro atoms. The van der Waals surface area contributed by atoms with Gasteiger partial charge in [0.1, 0.15) is 11.7 Å². The van der Waals surface area contributed by atoms with E-state index in [0.717, 1.165) is 40.1 Å². The highest BCUT2D eigenvalue weighted by molar-refractivity contribution is 6.24. The molecule has 5 amide bonds. The number of hydrogen-bond donors (Lipinski definition) is 3. The minimum Gasteiger partial charge on any atom is -0.348 e. The first-order valence-corrected chi connectivity index (χ1v) is 15.1. The van der Waals surface area contributed by atoms with Crippen LogP contribution in [0.15, 0.2) is 85.1 Å². The average Bonchev–Trinajstić information content (AvgIpc) is 3.52. The summed E-state index contributed by atoms with van der Waals surface area (Å²) in [6.45, 7) is 2.51. The summed E-state index contributed by atoms with van der Waals surface area (Å²) in [5, 5.41) is 10.9. The third-order valence-corrected chi connectivity index (χ3v) is 8.55. The van der Waals surface area contributed by atoms with Crippen molar-refractivity contribution in [1.29, 1.82) is 0 Å². The molecule has 230 valence electrons. The molecule has 1 atom stereocenters. The van der Waals surface area contributed by atoms with E-state index in [-0.39, 0.29) is 36.1 Å². The van der Waals surface area contributed by atoms with E-state index in [1.807, 2.05) is 48.7 Å². The quantitative estimate of drug-likeness (QED) is 0.171. The fourth-order valence-electron chi connectivity index (χ4n) is 6.19. The van der Waals surface area contributed by atoms with Crippen molar-refractivity contribution in [2.24, 2.45) is 0 Å². The van der Waals surface area contributed by atoms with Crippen LogP contribution in [-0.4, -0.2) is 56.6 Å². The highest BCUT2D eigenvalue weighted by atomic mass is 16.2. The number of piperidine rings is 1. The van der Waals surface area contributed by atoms with E-state index < -0.39 is 35.6 Å². The largest absolute Gasteiger partial charge is 0.348 e. The molecule has 1 fully saturated rings. The van der Waals surface area contributed by atoms with Crippen LogP contribution in [0.1, 0.15) is 55.0 Å². The summed E-state index contributed by atoms with van der Waals surface area (Å²) in [5.74, 6) is -2.78. The Morgan fingerprint density at radius 2 is 1.59 bits per heavy atom. The zero-order chi connectivity index (χ0) is 31.8. The number of amides is 5. The minimum absolute atomic E-state index is 0.0382. The second-order valence-corrected chi connectivity index (χ2v) is 11.4. The Bertz CT molecular complexity index is 2000. The molecule has 46 heavy (non-hydrogen) atoms. The first-order valence-electron chi connectivity index (χ1n) is 15.1. The molecule has 3 N–H and O–H groups in total. The van der Waals surface area contributed by atoms with Crippen LogP contribution in [0.4, 0.5) is 0 Å². The van der Waals surface area contributed by atoms with Gasteiger partial charge in [-0.05, 0) is 53.9 Å². The van der Waals surface area contributed by atoms with Crippen LogP contribution in [0, 0.1) is 0 Å². The lowest BCUT2D eigenvalue weighted by Crippen LogP contribution is -2.54. The number of aromatic nitrogens is 2. The Labute approximate surface area is 263 Å². The number of fused-ring (bicyclic) bond motifs is 4. The predicted octanol–water partition coefficient (Wildman–Crippen LogP) is 3.31. The molecule has 0 saturated carbocycles. The van der Waals surface area contributed by atoms with Gasteiger partial charge in [-0.3, -0.25) is 34.2 Å².